The van der Waals surface area contributed by atoms with Gasteiger partial charge < -0.3 is 9.64 Å². The van der Waals surface area contributed by atoms with Gasteiger partial charge in [0.05, 0.1) is 23.4 Å². The van der Waals surface area contributed by atoms with Crippen LogP contribution in [-0.4, -0.2) is 30.2 Å². The number of amides is 3. The van der Waals surface area contributed by atoms with Gasteiger partial charge in [0.1, 0.15) is 5.75 Å². The molecule has 0 saturated carbocycles. The maximum atomic E-state index is 13.0. The number of nitrogens with zero attached hydrogens (tertiary/aromatic N) is 2. The van der Waals surface area contributed by atoms with Gasteiger partial charge in [0.2, 0.25) is 17.7 Å². The molecule has 7 nitrogen and oxygen atoms in total. The largest absolute Gasteiger partial charge is 0.426 e. The molecule has 35 heavy (non-hydrogen) atoms. The quantitative estimate of drug-likeness (QED) is 0.289. The van der Waals surface area contributed by atoms with Gasteiger partial charge in [-0.1, -0.05) is 23.8 Å². The second-order valence-electron chi connectivity index (χ2n) is 9.81. The van der Waals surface area contributed by atoms with Gasteiger partial charge in [-0.05, 0) is 69.0 Å². The lowest BCUT2D eigenvalue weighted by atomic mass is 9.82. The average molecular weight is 473 g/mol. The molecule has 2 aromatic carbocycles. The number of fused-ring (bicyclic) bond motifs is 1. The third kappa shape index (κ3) is 4.16. The number of esters is 1. The van der Waals surface area contributed by atoms with Crippen LogP contribution in [0.1, 0.15) is 37.3 Å². The van der Waals surface area contributed by atoms with E-state index in [4.69, 9.17) is 4.74 Å². The Morgan fingerprint density at radius 1 is 0.886 bits per heavy atom. The fourth-order valence-electron chi connectivity index (χ4n) is 5.19. The number of ether oxygens (including phenoxy) is 1. The number of carbonyl (C=O) groups excluding carboxylic acids is 4. The monoisotopic (exact) mass is 472 g/mol. The van der Waals surface area contributed by atoms with Gasteiger partial charge in [0.15, 0.2) is 0 Å². The summed E-state index contributed by atoms with van der Waals surface area (Å²) in [4.78, 5) is 54.4. The number of hydrogen-bond donors (Lipinski definition) is 0. The van der Waals surface area contributed by atoms with E-state index in [2.05, 4.69) is 0 Å². The number of aryl methyl sites for hydroxylation is 2. The topological polar surface area (TPSA) is 84.0 Å². The zero-order valence-corrected chi connectivity index (χ0v) is 20.1. The third-order valence-corrected chi connectivity index (χ3v) is 7.38. The van der Waals surface area contributed by atoms with Gasteiger partial charge in [0, 0.05) is 24.7 Å². The second-order valence-corrected chi connectivity index (χ2v) is 9.81. The first-order valence-corrected chi connectivity index (χ1v) is 12.0. The van der Waals surface area contributed by atoms with Crippen LogP contribution in [-0.2, 0) is 19.2 Å². The molecule has 7 heteroatoms. The lowest BCUT2D eigenvalue weighted by Gasteiger charge is -2.19. The Morgan fingerprint density at radius 3 is 2.43 bits per heavy atom. The van der Waals surface area contributed by atoms with Crippen molar-refractivity contribution >= 4 is 35.1 Å². The van der Waals surface area contributed by atoms with Crippen molar-refractivity contribution in [2.45, 2.75) is 40.0 Å². The standard InChI is InChI=1S/C28H28N2O5/c1-16-7-10-23-24(11-16)27(33)30(26(23)32)21-5-4-6-22(14-21)35-28(34)19-13-25(31)29(15-19)20-9-8-17(2)18(3)12-20/h4-9,12,14,19,23-24H,10-11,13,15H2,1-3H3/t19-,23-,24-/m0/s1. The Balaban J connectivity index is 1.29. The molecule has 2 fully saturated rings. The summed E-state index contributed by atoms with van der Waals surface area (Å²) in [5.41, 5.74) is 4.51. The van der Waals surface area contributed by atoms with E-state index in [1.54, 1.807) is 29.2 Å². The highest BCUT2D eigenvalue weighted by Crippen LogP contribution is 2.40. The van der Waals surface area contributed by atoms with Crippen molar-refractivity contribution in [1.29, 1.82) is 0 Å². The van der Waals surface area contributed by atoms with Crippen molar-refractivity contribution in [1.82, 2.24) is 0 Å². The fourth-order valence-corrected chi connectivity index (χ4v) is 5.19. The van der Waals surface area contributed by atoms with Crippen LogP contribution in [0.2, 0.25) is 0 Å². The van der Waals surface area contributed by atoms with E-state index in [9.17, 15) is 19.2 Å². The highest BCUT2D eigenvalue weighted by Gasteiger charge is 2.48. The first-order valence-electron chi connectivity index (χ1n) is 12.0. The highest BCUT2D eigenvalue weighted by molar-refractivity contribution is 6.22. The van der Waals surface area contributed by atoms with E-state index in [-0.39, 0.29) is 48.3 Å². The summed E-state index contributed by atoms with van der Waals surface area (Å²) < 4.78 is 5.60. The molecule has 0 unspecified atom stereocenters. The maximum absolute atomic E-state index is 13.0. The molecule has 0 aromatic heterocycles. The van der Waals surface area contributed by atoms with Crippen molar-refractivity contribution < 1.29 is 23.9 Å². The van der Waals surface area contributed by atoms with E-state index >= 15 is 0 Å². The normalized spacial score (nSPS) is 24.0. The summed E-state index contributed by atoms with van der Waals surface area (Å²) in [7, 11) is 0. The number of anilines is 2. The summed E-state index contributed by atoms with van der Waals surface area (Å²) in [5, 5.41) is 0. The number of benzene rings is 2. The number of hydrogen-bond acceptors (Lipinski definition) is 5. The first kappa shape index (κ1) is 23.0. The van der Waals surface area contributed by atoms with Gasteiger partial charge in [0.25, 0.3) is 0 Å². The van der Waals surface area contributed by atoms with Crippen LogP contribution in [0.5, 0.6) is 5.75 Å². The van der Waals surface area contributed by atoms with Crippen LogP contribution in [0.15, 0.2) is 54.1 Å². The predicted octanol–water partition coefficient (Wildman–Crippen LogP) is 4.11. The zero-order valence-electron chi connectivity index (χ0n) is 20.1. The van der Waals surface area contributed by atoms with Gasteiger partial charge in [-0.15, -0.1) is 0 Å². The summed E-state index contributed by atoms with van der Waals surface area (Å²) in [6.07, 6.45) is 3.26. The summed E-state index contributed by atoms with van der Waals surface area (Å²) in [6.45, 7) is 6.22. The molecule has 0 spiro atoms. The molecular weight excluding hydrogens is 444 g/mol. The lowest BCUT2D eigenvalue weighted by molar-refractivity contribution is -0.139. The Kier molecular flexibility index (Phi) is 5.79. The Morgan fingerprint density at radius 2 is 1.66 bits per heavy atom. The van der Waals surface area contributed by atoms with E-state index in [0.29, 0.717) is 18.5 Å². The third-order valence-electron chi connectivity index (χ3n) is 7.38. The van der Waals surface area contributed by atoms with Crippen LogP contribution in [0.3, 0.4) is 0 Å². The molecule has 180 valence electrons. The van der Waals surface area contributed by atoms with Crippen molar-refractivity contribution in [2.75, 3.05) is 16.3 Å². The van der Waals surface area contributed by atoms with Crippen molar-refractivity contribution in [2.24, 2.45) is 17.8 Å². The van der Waals surface area contributed by atoms with Crippen LogP contribution in [0.25, 0.3) is 0 Å². The molecule has 0 N–H and O–H groups in total. The predicted molar refractivity (Wildman–Crippen MR) is 131 cm³/mol. The Labute approximate surface area is 204 Å². The van der Waals surface area contributed by atoms with Crippen molar-refractivity contribution in [3.05, 3.63) is 65.2 Å². The van der Waals surface area contributed by atoms with Gasteiger partial charge in [-0.3, -0.25) is 19.2 Å². The molecule has 2 aliphatic heterocycles. The molecule has 5 rings (SSSR count). The molecule has 2 aromatic rings. The average Bonchev–Trinajstić information content (AvgIpc) is 3.33. The smallest absolute Gasteiger partial charge is 0.316 e. The minimum absolute atomic E-state index is 0.0737. The molecule has 3 atom stereocenters. The minimum atomic E-state index is -0.597. The molecule has 2 heterocycles. The molecular formula is C28H28N2O5. The van der Waals surface area contributed by atoms with E-state index in [0.717, 1.165) is 22.4 Å². The molecule has 1 aliphatic carbocycles. The molecule has 3 amide bonds. The van der Waals surface area contributed by atoms with Gasteiger partial charge in [-0.2, -0.15) is 0 Å². The first-order chi connectivity index (χ1) is 16.7. The number of allylic oxidation sites excluding steroid dienone is 2. The highest BCUT2D eigenvalue weighted by atomic mass is 16.5. The molecule has 3 aliphatic rings. The molecule has 0 bridgehead atoms. The van der Waals surface area contributed by atoms with E-state index < -0.39 is 11.9 Å². The minimum Gasteiger partial charge on any atom is -0.426 e. The zero-order chi connectivity index (χ0) is 24.9. The van der Waals surface area contributed by atoms with Crippen molar-refractivity contribution in [3.63, 3.8) is 0 Å². The van der Waals surface area contributed by atoms with E-state index in [1.807, 2.05) is 45.0 Å². The van der Waals surface area contributed by atoms with Crippen LogP contribution >= 0.6 is 0 Å². The summed E-state index contributed by atoms with van der Waals surface area (Å²) in [5.74, 6) is -2.07. The van der Waals surface area contributed by atoms with E-state index in [1.165, 1.54) is 4.90 Å². The van der Waals surface area contributed by atoms with Crippen LogP contribution in [0.4, 0.5) is 11.4 Å². The Bertz CT molecular complexity index is 1280. The van der Waals surface area contributed by atoms with Gasteiger partial charge >= 0.3 is 5.97 Å². The fraction of sp³-hybridized carbons (Fsp3) is 0.357. The maximum Gasteiger partial charge on any atom is 0.316 e. The van der Waals surface area contributed by atoms with Gasteiger partial charge in [-0.25, -0.2) is 4.90 Å². The number of carbonyl (C=O) groups is 4. The van der Waals surface area contributed by atoms with Crippen LogP contribution < -0.4 is 14.5 Å². The molecule has 2 saturated heterocycles. The summed E-state index contributed by atoms with van der Waals surface area (Å²) in [6, 6.07) is 12.3. The number of imide groups is 1. The second kappa shape index (κ2) is 8.80. The van der Waals surface area contributed by atoms with Crippen LogP contribution in [0, 0.1) is 31.6 Å². The molecule has 0 radical (unpaired) electrons. The van der Waals surface area contributed by atoms with Crippen molar-refractivity contribution in [3.8, 4) is 5.75 Å². The lowest BCUT2D eigenvalue weighted by Crippen LogP contribution is -2.31. The number of rotatable bonds is 4. The Hall–Kier alpha value is -3.74. The summed E-state index contributed by atoms with van der Waals surface area (Å²) >= 11 is 0. The SMILES string of the molecule is CC1=CC[C@@H]2C(=O)N(c3cccc(OC(=O)[C@H]4CC(=O)N(c5ccc(C)c(C)c5)C4)c3)C(=O)[C@H]2C1.